The molecule has 0 amide bonds. The van der Waals surface area contributed by atoms with Crippen LogP contribution in [0.15, 0.2) is 12.2 Å². The van der Waals surface area contributed by atoms with Crippen LogP contribution in [0.4, 0.5) is 0 Å². The fourth-order valence-corrected chi connectivity index (χ4v) is 7.58. The Hall–Kier alpha value is -0.760. The molecule has 56 heavy (non-hydrogen) atoms. The van der Waals surface area contributed by atoms with Gasteiger partial charge in [-0.1, -0.05) is 193 Å². The van der Waals surface area contributed by atoms with Crippen LogP contribution in [0.1, 0.15) is 226 Å². The summed E-state index contributed by atoms with van der Waals surface area (Å²) in [6.07, 6.45) is 45.3. The van der Waals surface area contributed by atoms with Gasteiger partial charge in [0.15, 0.2) is 0 Å². The number of phosphoric ester groups is 1. The Labute approximate surface area is 348 Å². The van der Waals surface area contributed by atoms with Gasteiger partial charge in [0.1, 0.15) is 19.3 Å². The highest BCUT2D eigenvalue weighted by Gasteiger charge is 2.26. The molecule has 0 aromatic rings. The van der Waals surface area contributed by atoms with Gasteiger partial charge in [-0.05, 0) is 38.5 Å². The minimum atomic E-state index is -4.27. The molecular formula is C47H95NO7P+. The minimum absolute atomic E-state index is 0.0904. The zero-order chi connectivity index (χ0) is 41.3. The van der Waals surface area contributed by atoms with E-state index in [0.29, 0.717) is 24.1 Å². The van der Waals surface area contributed by atoms with E-state index >= 15 is 0 Å². The number of quaternary nitrogens is 1. The van der Waals surface area contributed by atoms with Crippen LogP contribution < -0.4 is 0 Å². The second kappa shape index (κ2) is 41.0. The number of hydrogen-bond acceptors (Lipinski definition) is 6. The van der Waals surface area contributed by atoms with E-state index in [1.54, 1.807) is 0 Å². The molecule has 0 saturated carbocycles. The summed E-state index contributed by atoms with van der Waals surface area (Å²) >= 11 is 0. The Kier molecular flexibility index (Phi) is 40.4. The monoisotopic (exact) mass is 817 g/mol. The molecule has 9 heteroatoms. The molecule has 1 N–H and O–H groups in total. The maximum Gasteiger partial charge on any atom is 0.472 e. The van der Waals surface area contributed by atoms with Crippen LogP contribution in [-0.2, 0) is 27.9 Å². The van der Waals surface area contributed by atoms with Crippen molar-refractivity contribution in [1.82, 2.24) is 0 Å². The zero-order valence-corrected chi connectivity index (χ0v) is 38.8. The molecular weight excluding hydrogens is 721 g/mol. The molecule has 0 aromatic heterocycles. The van der Waals surface area contributed by atoms with Crippen LogP contribution in [0.5, 0.6) is 0 Å². The molecule has 0 aliphatic heterocycles. The summed E-state index contributed by atoms with van der Waals surface area (Å²) in [5.41, 5.74) is 0. The molecule has 0 heterocycles. The van der Waals surface area contributed by atoms with E-state index in [1.807, 2.05) is 21.1 Å². The Morgan fingerprint density at radius 1 is 0.536 bits per heavy atom. The third-order valence-corrected chi connectivity index (χ3v) is 11.6. The third kappa shape index (κ3) is 44.3. The van der Waals surface area contributed by atoms with Gasteiger partial charge < -0.3 is 18.9 Å². The van der Waals surface area contributed by atoms with Gasteiger partial charge in [0.2, 0.25) is 0 Å². The van der Waals surface area contributed by atoms with Crippen LogP contribution in [0, 0.1) is 0 Å². The molecule has 0 spiro atoms. The molecule has 0 rings (SSSR count). The van der Waals surface area contributed by atoms with Crippen molar-refractivity contribution < 1.29 is 37.3 Å². The first-order valence-electron chi connectivity index (χ1n) is 23.9. The van der Waals surface area contributed by atoms with Crippen molar-refractivity contribution >= 4 is 13.8 Å². The van der Waals surface area contributed by atoms with Crippen molar-refractivity contribution in [3.63, 3.8) is 0 Å². The highest BCUT2D eigenvalue weighted by Crippen LogP contribution is 2.43. The summed E-state index contributed by atoms with van der Waals surface area (Å²) < 4.78 is 35.1. The fraction of sp³-hybridized carbons (Fsp3) is 0.936. The molecule has 0 aliphatic carbocycles. The van der Waals surface area contributed by atoms with Gasteiger partial charge in [-0.25, -0.2) is 4.57 Å². The van der Waals surface area contributed by atoms with E-state index in [2.05, 4.69) is 26.0 Å². The minimum Gasteiger partial charge on any atom is -0.457 e. The van der Waals surface area contributed by atoms with E-state index in [1.165, 1.54) is 167 Å². The van der Waals surface area contributed by atoms with E-state index in [9.17, 15) is 14.3 Å². The standard InChI is InChI=1S/C47H94NO7P/c1-6-8-10-12-14-16-18-20-22-24-25-27-29-31-33-35-37-39-42-52-44-46(45-54-56(50,51)53-43-41-48(3,4)5)55-47(49)40-38-36-34-32-30-28-26-23-21-19-17-15-13-11-9-7-2/h23,26,46H,6-22,24-25,27-45H2,1-5H3/p+1/b26-23-. The predicted octanol–water partition coefficient (Wildman–Crippen LogP) is 14.2. The molecule has 334 valence electrons. The predicted molar refractivity (Wildman–Crippen MR) is 238 cm³/mol. The number of allylic oxidation sites excluding steroid dienone is 2. The molecule has 2 unspecified atom stereocenters. The molecule has 0 bridgehead atoms. The number of ether oxygens (including phenoxy) is 2. The third-order valence-electron chi connectivity index (χ3n) is 10.6. The van der Waals surface area contributed by atoms with Crippen LogP contribution >= 0.6 is 7.82 Å². The molecule has 2 atom stereocenters. The Morgan fingerprint density at radius 3 is 1.36 bits per heavy atom. The summed E-state index contributed by atoms with van der Waals surface area (Å²) in [4.78, 5) is 22.9. The highest BCUT2D eigenvalue weighted by molar-refractivity contribution is 7.47. The molecule has 0 aliphatic rings. The number of nitrogens with zero attached hydrogens (tertiary/aromatic N) is 1. The SMILES string of the molecule is CCCCCCCCC/C=C\CCCCCCCC(=O)OC(COCCCCCCCCCCCCCCCCCCCC)COP(=O)(O)OCC[N+](C)(C)C. The number of carbonyl (C=O) groups excluding carboxylic acids is 1. The van der Waals surface area contributed by atoms with Crippen molar-refractivity contribution in [2.75, 3.05) is 54.1 Å². The highest BCUT2D eigenvalue weighted by atomic mass is 31.2. The van der Waals surface area contributed by atoms with E-state index < -0.39 is 13.9 Å². The van der Waals surface area contributed by atoms with Crippen molar-refractivity contribution in [2.45, 2.75) is 232 Å². The van der Waals surface area contributed by atoms with E-state index in [0.717, 1.165) is 38.5 Å². The van der Waals surface area contributed by atoms with Crippen LogP contribution in [0.25, 0.3) is 0 Å². The molecule has 0 fully saturated rings. The van der Waals surface area contributed by atoms with Gasteiger partial charge >= 0.3 is 13.8 Å². The zero-order valence-electron chi connectivity index (χ0n) is 37.9. The van der Waals surface area contributed by atoms with Crippen LogP contribution in [0.3, 0.4) is 0 Å². The first-order valence-corrected chi connectivity index (χ1v) is 25.4. The summed E-state index contributed by atoms with van der Waals surface area (Å²) in [5.74, 6) is -0.317. The van der Waals surface area contributed by atoms with Crippen LogP contribution in [-0.4, -0.2) is 75.6 Å². The summed E-state index contributed by atoms with van der Waals surface area (Å²) in [5, 5.41) is 0. The fourth-order valence-electron chi connectivity index (χ4n) is 6.84. The van der Waals surface area contributed by atoms with Crippen molar-refractivity contribution in [3.8, 4) is 0 Å². The second-order valence-electron chi connectivity index (χ2n) is 17.5. The summed E-state index contributed by atoms with van der Waals surface area (Å²) in [7, 11) is 1.68. The number of unbranched alkanes of at least 4 members (excludes halogenated alkanes) is 29. The molecule has 0 saturated heterocycles. The average molecular weight is 817 g/mol. The van der Waals surface area contributed by atoms with E-state index in [-0.39, 0.29) is 25.8 Å². The summed E-state index contributed by atoms with van der Waals surface area (Å²) in [6, 6.07) is 0. The Bertz CT molecular complexity index is 909. The lowest BCUT2D eigenvalue weighted by Gasteiger charge is -2.24. The van der Waals surface area contributed by atoms with E-state index in [4.69, 9.17) is 18.5 Å². The number of carbonyl (C=O) groups is 1. The maximum absolute atomic E-state index is 12.7. The van der Waals surface area contributed by atoms with Crippen molar-refractivity contribution in [1.29, 1.82) is 0 Å². The maximum atomic E-state index is 12.7. The summed E-state index contributed by atoms with van der Waals surface area (Å²) in [6.45, 7) is 5.66. The van der Waals surface area contributed by atoms with Gasteiger partial charge in [-0.3, -0.25) is 13.8 Å². The lowest BCUT2D eigenvalue weighted by Crippen LogP contribution is -2.37. The van der Waals surface area contributed by atoms with Crippen molar-refractivity contribution in [2.24, 2.45) is 0 Å². The van der Waals surface area contributed by atoms with Crippen LogP contribution in [0.2, 0.25) is 0 Å². The van der Waals surface area contributed by atoms with Gasteiger partial charge in [0.05, 0.1) is 34.4 Å². The van der Waals surface area contributed by atoms with Gasteiger partial charge in [0.25, 0.3) is 0 Å². The first kappa shape index (κ1) is 55.2. The second-order valence-corrected chi connectivity index (χ2v) is 19.0. The number of esters is 1. The van der Waals surface area contributed by atoms with Gasteiger partial charge in [0, 0.05) is 13.0 Å². The number of likely N-dealkylation sites (N-methyl/N-ethyl adjacent to an activating group) is 1. The molecule has 0 aromatic carbocycles. The topological polar surface area (TPSA) is 91.3 Å². The number of phosphoric acid groups is 1. The Morgan fingerprint density at radius 2 is 0.929 bits per heavy atom. The Balaban J connectivity index is 4.16. The van der Waals surface area contributed by atoms with Gasteiger partial charge in [-0.2, -0.15) is 0 Å². The van der Waals surface area contributed by atoms with Crippen molar-refractivity contribution in [3.05, 3.63) is 12.2 Å². The first-order chi connectivity index (χ1) is 27.1. The quantitative estimate of drug-likeness (QED) is 0.0215. The van der Waals surface area contributed by atoms with Gasteiger partial charge in [-0.15, -0.1) is 0 Å². The lowest BCUT2D eigenvalue weighted by molar-refractivity contribution is -0.870. The lowest BCUT2D eigenvalue weighted by atomic mass is 10.0. The largest absolute Gasteiger partial charge is 0.472 e. The molecule has 8 nitrogen and oxygen atoms in total. The average Bonchev–Trinajstić information content (AvgIpc) is 3.15. The molecule has 0 radical (unpaired) electrons. The number of rotatable bonds is 45. The normalized spacial score (nSPS) is 13.8. The number of hydrogen-bond donors (Lipinski definition) is 1. The smallest absolute Gasteiger partial charge is 0.457 e.